The summed E-state index contributed by atoms with van der Waals surface area (Å²) >= 11 is 0. The standard InChI is InChI=1S/C16H21N3O/c1-16(2)11-19(10-14-8-17-12-18(14)3)9-13-6-4-5-7-15(13)20-16/h4-8,12H,9-11H2,1-3H3. The quantitative estimate of drug-likeness (QED) is 0.841. The van der Waals surface area contributed by atoms with Gasteiger partial charge in [-0.3, -0.25) is 4.90 Å². The molecule has 4 nitrogen and oxygen atoms in total. The minimum Gasteiger partial charge on any atom is -0.486 e. The summed E-state index contributed by atoms with van der Waals surface area (Å²) in [5, 5.41) is 0. The van der Waals surface area contributed by atoms with E-state index in [1.165, 1.54) is 11.3 Å². The molecule has 0 unspecified atom stereocenters. The predicted octanol–water partition coefficient (Wildman–Crippen LogP) is 2.59. The third-order valence-electron chi connectivity index (χ3n) is 3.66. The second-order valence-electron chi connectivity index (χ2n) is 6.11. The topological polar surface area (TPSA) is 30.3 Å². The van der Waals surface area contributed by atoms with Crippen LogP contribution in [0.15, 0.2) is 36.8 Å². The zero-order valence-corrected chi connectivity index (χ0v) is 12.3. The number of imidazole rings is 1. The van der Waals surface area contributed by atoms with Gasteiger partial charge in [-0.05, 0) is 19.9 Å². The molecular formula is C16H21N3O. The minimum absolute atomic E-state index is 0.189. The molecule has 0 amide bonds. The van der Waals surface area contributed by atoms with Crippen molar-refractivity contribution in [3.05, 3.63) is 48.0 Å². The van der Waals surface area contributed by atoms with Crippen molar-refractivity contribution in [3.8, 4) is 5.75 Å². The number of para-hydroxylation sites is 1. The Kier molecular flexibility index (Phi) is 3.26. The fraction of sp³-hybridized carbons (Fsp3) is 0.438. The number of nitrogens with zero attached hydrogens (tertiary/aromatic N) is 3. The highest BCUT2D eigenvalue weighted by Gasteiger charge is 2.29. The van der Waals surface area contributed by atoms with Crippen molar-refractivity contribution in [2.75, 3.05) is 6.54 Å². The Hall–Kier alpha value is -1.81. The molecule has 0 saturated carbocycles. The number of hydrogen-bond acceptors (Lipinski definition) is 3. The zero-order valence-electron chi connectivity index (χ0n) is 12.3. The molecule has 0 atom stereocenters. The Morgan fingerprint density at radius 1 is 1.30 bits per heavy atom. The van der Waals surface area contributed by atoms with Crippen molar-refractivity contribution >= 4 is 0 Å². The Balaban J connectivity index is 1.87. The highest BCUT2D eigenvalue weighted by molar-refractivity contribution is 5.34. The molecule has 0 bridgehead atoms. The Morgan fingerprint density at radius 3 is 2.85 bits per heavy atom. The van der Waals surface area contributed by atoms with Crippen molar-refractivity contribution in [2.45, 2.75) is 32.5 Å². The maximum Gasteiger partial charge on any atom is 0.124 e. The second-order valence-corrected chi connectivity index (χ2v) is 6.11. The Bertz CT molecular complexity index is 603. The van der Waals surface area contributed by atoms with Gasteiger partial charge in [-0.15, -0.1) is 0 Å². The molecule has 4 heteroatoms. The molecule has 1 aliphatic heterocycles. The number of rotatable bonds is 2. The maximum atomic E-state index is 6.16. The highest BCUT2D eigenvalue weighted by atomic mass is 16.5. The van der Waals surface area contributed by atoms with Crippen molar-refractivity contribution < 1.29 is 4.74 Å². The van der Waals surface area contributed by atoms with Crippen LogP contribution >= 0.6 is 0 Å². The number of hydrogen-bond donors (Lipinski definition) is 0. The monoisotopic (exact) mass is 271 g/mol. The zero-order chi connectivity index (χ0) is 14.2. The molecule has 0 fully saturated rings. The van der Waals surface area contributed by atoms with Gasteiger partial charge in [-0.1, -0.05) is 18.2 Å². The van der Waals surface area contributed by atoms with E-state index in [1.54, 1.807) is 0 Å². The Labute approximate surface area is 120 Å². The Morgan fingerprint density at radius 2 is 2.10 bits per heavy atom. The summed E-state index contributed by atoms with van der Waals surface area (Å²) in [7, 11) is 2.04. The fourth-order valence-corrected chi connectivity index (χ4v) is 2.78. The van der Waals surface area contributed by atoms with Crippen molar-refractivity contribution in [1.82, 2.24) is 14.5 Å². The lowest BCUT2D eigenvalue weighted by Crippen LogP contribution is -2.40. The first kappa shape index (κ1) is 13.2. The lowest BCUT2D eigenvalue weighted by Gasteiger charge is -2.29. The molecule has 0 saturated heterocycles. The smallest absolute Gasteiger partial charge is 0.124 e. The van der Waals surface area contributed by atoms with E-state index < -0.39 is 0 Å². The molecule has 2 heterocycles. The molecule has 20 heavy (non-hydrogen) atoms. The summed E-state index contributed by atoms with van der Waals surface area (Å²) in [4.78, 5) is 6.62. The number of ether oxygens (including phenoxy) is 1. The van der Waals surface area contributed by atoms with Gasteiger partial charge in [0.15, 0.2) is 0 Å². The van der Waals surface area contributed by atoms with Crippen LogP contribution in [-0.2, 0) is 20.1 Å². The van der Waals surface area contributed by atoms with Crippen molar-refractivity contribution in [3.63, 3.8) is 0 Å². The van der Waals surface area contributed by atoms with Crippen LogP contribution in [0.4, 0.5) is 0 Å². The van der Waals surface area contributed by atoms with Crippen LogP contribution in [-0.4, -0.2) is 26.6 Å². The lowest BCUT2D eigenvalue weighted by molar-refractivity contribution is 0.0674. The van der Waals surface area contributed by atoms with Gasteiger partial charge in [0.1, 0.15) is 11.4 Å². The molecule has 0 N–H and O–H groups in total. The average Bonchev–Trinajstić information content (AvgIpc) is 2.70. The van der Waals surface area contributed by atoms with Crippen molar-refractivity contribution in [1.29, 1.82) is 0 Å². The van der Waals surface area contributed by atoms with E-state index in [0.717, 1.165) is 25.4 Å². The number of benzene rings is 1. The number of aryl methyl sites for hydroxylation is 1. The van der Waals surface area contributed by atoms with Crippen LogP contribution in [0.3, 0.4) is 0 Å². The molecule has 0 spiro atoms. The molecule has 1 aromatic carbocycles. The highest BCUT2D eigenvalue weighted by Crippen LogP contribution is 2.29. The van der Waals surface area contributed by atoms with Crippen LogP contribution in [0, 0.1) is 0 Å². The van der Waals surface area contributed by atoms with Gasteiger partial charge < -0.3 is 9.30 Å². The van der Waals surface area contributed by atoms with Crippen LogP contribution in [0.2, 0.25) is 0 Å². The van der Waals surface area contributed by atoms with Crippen LogP contribution < -0.4 is 4.74 Å². The van der Waals surface area contributed by atoms with E-state index in [1.807, 2.05) is 25.6 Å². The van der Waals surface area contributed by atoms with E-state index in [9.17, 15) is 0 Å². The number of fused-ring (bicyclic) bond motifs is 1. The summed E-state index contributed by atoms with van der Waals surface area (Å²) in [6.45, 7) is 6.98. The minimum atomic E-state index is -0.189. The van der Waals surface area contributed by atoms with Gasteiger partial charge >= 0.3 is 0 Å². The number of aromatic nitrogens is 2. The van der Waals surface area contributed by atoms with E-state index in [4.69, 9.17) is 4.74 Å². The summed E-state index contributed by atoms with van der Waals surface area (Å²) in [6.07, 6.45) is 3.79. The molecule has 106 valence electrons. The van der Waals surface area contributed by atoms with Crippen LogP contribution in [0.5, 0.6) is 5.75 Å². The van der Waals surface area contributed by atoms with E-state index in [2.05, 4.69) is 46.5 Å². The van der Waals surface area contributed by atoms with Gasteiger partial charge in [-0.25, -0.2) is 4.98 Å². The fourth-order valence-electron chi connectivity index (χ4n) is 2.78. The van der Waals surface area contributed by atoms with E-state index >= 15 is 0 Å². The molecule has 0 aliphatic carbocycles. The second kappa shape index (κ2) is 4.94. The van der Waals surface area contributed by atoms with E-state index in [0.29, 0.717) is 0 Å². The van der Waals surface area contributed by atoms with Gasteiger partial charge in [0.25, 0.3) is 0 Å². The third kappa shape index (κ3) is 2.70. The summed E-state index contributed by atoms with van der Waals surface area (Å²) < 4.78 is 8.23. The largest absolute Gasteiger partial charge is 0.486 e. The van der Waals surface area contributed by atoms with Gasteiger partial charge in [0.2, 0.25) is 0 Å². The van der Waals surface area contributed by atoms with Crippen LogP contribution in [0.25, 0.3) is 0 Å². The van der Waals surface area contributed by atoms with Gasteiger partial charge in [0, 0.05) is 38.4 Å². The summed E-state index contributed by atoms with van der Waals surface area (Å²) in [5.74, 6) is 1.00. The SMILES string of the molecule is Cn1cncc1CN1Cc2ccccc2OC(C)(C)C1. The molecule has 2 aromatic rings. The normalized spacial score (nSPS) is 18.1. The van der Waals surface area contributed by atoms with Crippen LogP contribution in [0.1, 0.15) is 25.1 Å². The molecule has 1 aliphatic rings. The van der Waals surface area contributed by atoms with Crippen molar-refractivity contribution in [2.24, 2.45) is 7.05 Å². The van der Waals surface area contributed by atoms with Gasteiger partial charge in [0.05, 0.1) is 12.0 Å². The van der Waals surface area contributed by atoms with Gasteiger partial charge in [-0.2, -0.15) is 0 Å². The first-order chi connectivity index (χ1) is 9.53. The first-order valence-electron chi connectivity index (χ1n) is 6.98. The first-order valence-corrected chi connectivity index (χ1v) is 6.98. The molecule has 0 radical (unpaired) electrons. The third-order valence-corrected chi connectivity index (χ3v) is 3.66. The predicted molar refractivity (Wildman–Crippen MR) is 78.5 cm³/mol. The average molecular weight is 271 g/mol. The summed E-state index contributed by atoms with van der Waals surface area (Å²) in [6, 6.07) is 8.31. The molecule has 1 aromatic heterocycles. The lowest BCUT2D eigenvalue weighted by atomic mass is 10.1. The molecule has 3 rings (SSSR count). The summed E-state index contributed by atoms with van der Waals surface area (Å²) in [5.41, 5.74) is 2.28. The molecular weight excluding hydrogens is 250 g/mol. The maximum absolute atomic E-state index is 6.16. The van der Waals surface area contributed by atoms with E-state index in [-0.39, 0.29) is 5.60 Å².